The van der Waals surface area contributed by atoms with E-state index in [0.29, 0.717) is 19.5 Å². The number of carbonyl (C=O) groups excluding carboxylic acids is 1. The van der Waals surface area contributed by atoms with Crippen LogP contribution in [0.2, 0.25) is 0 Å². The topological polar surface area (TPSA) is 66.6 Å². The lowest BCUT2D eigenvalue weighted by Crippen LogP contribution is -2.37. The lowest BCUT2D eigenvalue weighted by molar-refractivity contribution is -0.129. The molecular formula is C7H14N2O2. The van der Waals surface area contributed by atoms with Crippen LogP contribution in [0.5, 0.6) is 0 Å². The van der Waals surface area contributed by atoms with Gasteiger partial charge in [0.05, 0.1) is 12.1 Å². The van der Waals surface area contributed by atoms with E-state index in [0.717, 1.165) is 0 Å². The molecule has 2 atom stereocenters. The first-order chi connectivity index (χ1) is 5.11. The fourth-order valence-electron chi connectivity index (χ4n) is 1.26. The highest BCUT2D eigenvalue weighted by molar-refractivity contribution is 5.83. The molecule has 1 aliphatic rings. The molecule has 0 spiro atoms. The Balaban J connectivity index is 2.42. The van der Waals surface area contributed by atoms with Crippen LogP contribution in [0, 0.1) is 0 Å². The molecule has 11 heavy (non-hydrogen) atoms. The molecule has 0 saturated carbocycles. The summed E-state index contributed by atoms with van der Waals surface area (Å²) in [5.41, 5.74) is 5.47. The zero-order chi connectivity index (χ0) is 8.43. The molecule has 0 aromatic rings. The van der Waals surface area contributed by atoms with E-state index in [4.69, 9.17) is 10.8 Å². The van der Waals surface area contributed by atoms with Crippen LogP contribution >= 0.6 is 0 Å². The summed E-state index contributed by atoms with van der Waals surface area (Å²) in [5, 5.41) is 8.98. The van der Waals surface area contributed by atoms with Gasteiger partial charge in [0.1, 0.15) is 0 Å². The molecule has 1 amide bonds. The minimum Gasteiger partial charge on any atom is -0.392 e. The predicted molar refractivity (Wildman–Crippen MR) is 40.9 cm³/mol. The Morgan fingerprint density at radius 3 is 2.91 bits per heavy atom. The molecule has 1 fully saturated rings. The first-order valence-corrected chi connectivity index (χ1v) is 3.83. The van der Waals surface area contributed by atoms with Crippen LogP contribution in [-0.4, -0.2) is 41.1 Å². The summed E-state index contributed by atoms with van der Waals surface area (Å²) < 4.78 is 0. The van der Waals surface area contributed by atoms with Crippen LogP contribution in [0.15, 0.2) is 0 Å². The largest absolute Gasteiger partial charge is 0.392 e. The smallest absolute Gasteiger partial charge is 0.239 e. The lowest BCUT2D eigenvalue weighted by Gasteiger charge is -2.17. The maximum atomic E-state index is 11.1. The summed E-state index contributed by atoms with van der Waals surface area (Å²) in [5.74, 6) is -0.0362. The second-order valence-electron chi connectivity index (χ2n) is 3.03. The highest BCUT2D eigenvalue weighted by Gasteiger charge is 2.28. The van der Waals surface area contributed by atoms with Gasteiger partial charge in [-0.05, 0) is 13.3 Å². The Bertz CT molecular complexity index is 159. The van der Waals surface area contributed by atoms with E-state index in [1.54, 1.807) is 11.8 Å². The SMILES string of the molecule is CC(O)CN1CC[C@H](N)C1=O. The van der Waals surface area contributed by atoms with Gasteiger partial charge < -0.3 is 15.7 Å². The maximum absolute atomic E-state index is 11.1. The van der Waals surface area contributed by atoms with Crippen LogP contribution in [-0.2, 0) is 4.79 Å². The number of β-amino-alcohol motifs (C(OH)–C–C–N with tert-alkyl or cyclic N) is 1. The maximum Gasteiger partial charge on any atom is 0.239 e. The van der Waals surface area contributed by atoms with E-state index in [9.17, 15) is 4.79 Å². The van der Waals surface area contributed by atoms with Gasteiger partial charge in [-0.1, -0.05) is 0 Å². The van der Waals surface area contributed by atoms with Crippen molar-refractivity contribution in [1.29, 1.82) is 0 Å². The quantitative estimate of drug-likeness (QED) is 0.537. The van der Waals surface area contributed by atoms with Crippen molar-refractivity contribution in [2.75, 3.05) is 13.1 Å². The van der Waals surface area contributed by atoms with Crippen molar-refractivity contribution < 1.29 is 9.90 Å². The molecule has 0 aromatic heterocycles. The number of rotatable bonds is 2. The summed E-state index contributed by atoms with van der Waals surface area (Å²) in [4.78, 5) is 12.7. The van der Waals surface area contributed by atoms with Gasteiger partial charge in [-0.3, -0.25) is 4.79 Å². The van der Waals surface area contributed by atoms with Crippen LogP contribution in [0.3, 0.4) is 0 Å². The average Bonchev–Trinajstić information content (AvgIpc) is 2.18. The highest BCUT2D eigenvalue weighted by atomic mass is 16.3. The summed E-state index contributed by atoms with van der Waals surface area (Å²) in [6.07, 6.45) is 0.259. The van der Waals surface area contributed by atoms with Crippen LogP contribution in [0.4, 0.5) is 0 Å². The number of amides is 1. The molecule has 1 unspecified atom stereocenters. The molecular weight excluding hydrogens is 144 g/mol. The molecule has 4 heteroatoms. The molecule has 64 valence electrons. The lowest BCUT2D eigenvalue weighted by atomic mass is 10.3. The second-order valence-corrected chi connectivity index (χ2v) is 3.03. The fraction of sp³-hybridized carbons (Fsp3) is 0.857. The standard InChI is InChI=1S/C7H14N2O2/c1-5(10)4-9-3-2-6(8)7(9)11/h5-6,10H,2-4,8H2,1H3/t5?,6-/m0/s1. The van der Waals surface area contributed by atoms with Crippen molar-refractivity contribution in [3.05, 3.63) is 0 Å². The average molecular weight is 158 g/mol. The summed E-state index contributed by atoms with van der Waals surface area (Å²) in [7, 11) is 0. The van der Waals surface area contributed by atoms with E-state index in [-0.39, 0.29) is 11.9 Å². The van der Waals surface area contributed by atoms with Gasteiger partial charge in [-0.15, -0.1) is 0 Å². The zero-order valence-corrected chi connectivity index (χ0v) is 6.66. The van der Waals surface area contributed by atoms with E-state index < -0.39 is 6.10 Å². The van der Waals surface area contributed by atoms with Crippen LogP contribution in [0.1, 0.15) is 13.3 Å². The van der Waals surface area contributed by atoms with E-state index >= 15 is 0 Å². The van der Waals surface area contributed by atoms with Gasteiger partial charge in [0.15, 0.2) is 0 Å². The van der Waals surface area contributed by atoms with Crippen molar-refractivity contribution in [2.24, 2.45) is 5.73 Å². The Morgan fingerprint density at radius 1 is 1.91 bits per heavy atom. The minimum absolute atomic E-state index is 0.0362. The third kappa shape index (κ3) is 1.91. The number of carbonyl (C=O) groups is 1. The molecule has 4 nitrogen and oxygen atoms in total. The van der Waals surface area contributed by atoms with Gasteiger partial charge in [0.2, 0.25) is 5.91 Å². The van der Waals surface area contributed by atoms with Gasteiger partial charge in [0.25, 0.3) is 0 Å². The highest BCUT2D eigenvalue weighted by Crippen LogP contribution is 2.08. The fourth-order valence-corrected chi connectivity index (χ4v) is 1.26. The van der Waals surface area contributed by atoms with Crippen LogP contribution < -0.4 is 5.73 Å². The molecule has 0 radical (unpaired) electrons. The van der Waals surface area contributed by atoms with Crippen LogP contribution in [0.25, 0.3) is 0 Å². The summed E-state index contributed by atoms with van der Waals surface area (Å²) in [6, 6.07) is -0.339. The molecule has 0 bridgehead atoms. The number of hydrogen-bond acceptors (Lipinski definition) is 3. The molecule has 3 N–H and O–H groups in total. The van der Waals surface area contributed by atoms with Gasteiger partial charge >= 0.3 is 0 Å². The predicted octanol–water partition coefficient (Wildman–Crippen LogP) is -1.07. The molecule has 0 aliphatic carbocycles. The third-order valence-corrected chi connectivity index (χ3v) is 1.82. The number of hydrogen-bond donors (Lipinski definition) is 2. The number of nitrogens with two attached hydrogens (primary N) is 1. The van der Waals surface area contributed by atoms with Crippen molar-refractivity contribution in [2.45, 2.75) is 25.5 Å². The molecule has 0 aromatic carbocycles. The Labute approximate surface area is 66.0 Å². The van der Waals surface area contributed by atoms with Gasteiger partial charge in [-0.2, -0.15) is 0 Å². The van der Waals surface area contributed by atoms with Crippen molar-refractivity contribution in [3.63, 3.8) is 0 Å². The number of aliphatic hydroxyl groups is 1. The molecule has 1 saturated heterocycles. The third-order valence-electron chi connectivity index (χ3n) is 1.82. The van der Waals surface area contributed by atoms with E-state index in [2.05, 4.69) is 0 Å². The molecule has 1 rings (SSSR count). The number of likely N-dealkylation sites (tertiary alicyclic amines) is 1. The molecule has 1 aliphatic heterocycles. The van der Waals surface area contributed by atoms with E-state index in [1.807, 2.05) is 0 Å². The summed E-state index contributed by atoms with van der Waals surface area (Å²) in [6.45, 7) is 2.76. The van der Waals surface area contributed by atoms with Crippen molar-refractivity contribution in [1.82, 2.24) is 4.90 Å². The monoisotopic (exact) mass is 158 g/mol. The Kier molecular flexibility index (Phi) is 2.46. The van der Waals surface area contributed by atoms with Gasteiger partial charge in [0, 0.05) is 13.1 Å². The zero-order valence-electron chi connectivity index (χ0n) is 6.66. The Morgan fingerprint density at radius 2 is 2.55 bits per heavy atom. The van der Waals surface area contributed by atoms with Gasteiger partial charge in [-0.25, -0.2) is 0 Å². The number of aliphatic hydroxyl groups excluding tert-OH is 1. The van der Waals surface area contributed by atoms with E-state index in [1.165, 1.54) is 0 Å². The normalized spacial score (nSPS) is 27.7. The Hall–Kier alpha value is -0.610. The van der Waals surface area contributed by atoms with Crippen molar-refractivity contribution in [3.8, 4) is 0 Å². The summed E-state index contributed by atoms with van der Waals surface area (Å²) >= 11 is 0. The van der Waals surface area contributed by atoms with Crippen molar-refractivity contribution >= 4 is 5.91 Å². The first-order valence-electron chi connectivity index (χ1n) is 3.83. The molecule has 1 heterocycles. The first kappa shape index (κ1) is 8.49. The minimum atomic E-state index is -0.454. The number of nitrogens with zero attached hydrogens (tertiary/aromatic N) is 1. The second kappa shape index (κ2) is 3.19.